The number of aliphatic hydroxyl groups excluding tert-OH is 2. The van der Waals surface area contributed by atoms with Crippen LogP contribution in [0, 0.1) is 0 Å². The van der Waals surface area contributed by atoms with Gasteiger partial charge in [0.2, 0.25) is 0 Å². The molecule has 13 nitrogen and oxygen atoms in total. The van der Waals surface area contributed by atoms with Crippen molar-refractivity contribution in [1.82, 2.24) is 4.90 Å². The van der Waals surface area contributed by atoms with Crippen molar-refractivity contribution in [2.75, 3.05) is 92.9 Å². The third-order valence-corrected chi connectivity index (χ3v) is 4.74. The maximum absolute atomic E-state index is 12.7. The average Bonchev–Trinajstić information content (AvgIpc) is 3.10. The largest absolute Gasteiger partial charge is 0.487 e. The van der Waals surface area contributed by atoms with Gasteiger partial charge in [-0.3, -0.25) is 19.3 Å². The molecule has 2 amide bonds. The van der Waals surface area contributed by atoms with Crippen molar-refractivity contribution in [1.29, 1.82) is 0 Å². The summed E-state index contributed by atoms with van der Waals surface area (Å²) in [7, 11) is 1.17. The molecule has 2 N–H and O–H groups in total. The number of carbonyl (C=O) groups is 3. The third-order valence-electron chi connectivity index (χ3n) is 4.74. The van der Waals surface area contributed by atoms with Gasteiger partial charge in [0.1, 0.15) is 19.8 Å². The first kappa shape index (κ1) is 29.4. The van der Waals surface area contributed by atoms with Crippen LogP contribution >= 0.6 is 0 Å². The molecule has 1 aromatic carbocycles. The number of imide groups is 1. The van der Waals surface area contributed by atoms with Crippen LogP contribution in [0.25, 0.3) is 0 Å². The van der Waals surface area contributed by atoms with Gasteiger partial charge in [-0.25, -0.2) is 0 Å². The van der Waals surface area contributed by atoms with Gasteiger partial charge in [0, 0.05) is 0 Å². The quantitative estimate of drug-likeness (QED) is 0.127. The van der Waals surface area contributed by atoms with Crippen LogP contribution in [0.3, 0.4) is 0 Å². The van der Waals surface area contributed by atoms with E-state index in [1.807, 2.05) is 0 Å². The Morgan fingerprint density at radius 1 is 0.694 bits per heavy atom. The van der Waals surface area contributed by atoms with E-state index >= 15 is 0 Å². The Hall–Kier alpha value is -2.81. The highest BCUT2D eigenvalue weighted by molar-refractivity contribution is 6.22. The van der Waals surface area contributed by atoms with Gasteiger partial charge in [0.05, 0.1) is 84.3 Å². The molecule has 0 spiro atoms. The summed E-state index contributed by atoms with van der Waals surface area (Å²) in [5.41, 5.74) is 0.170. The van der Waals surface area contributed by atoms with Crippen LogP contribution < -0.4 is 9.47 Å². The second-order valence-corrected chi connectivity index (χ2v) is 7.21. The van der Waals surface area contributed by atoms with Crippen LogP contribution in [0.4, 0.5) is 0 Å². The molecule has 0 unspecified atom stereocenters. The SMILES string of the molecule is COC(=O)CN1C(=O)c2cc(OCCOCCOCCO)c(OCCOCCOCCO)cc2C1=O. The molecule has 1 heterocycles. The molecule has 1 aliphatic heterocycles. The third kappa shape index (κ3) is 9.33. The number of ether oxygens (including phenoxy) is 7. The van der Waals surface area contributed by atoms with Crippen molar-refractivity contribution >= 4 is 17.8 Å². The second-order valence-electron chi connectivity index (χ2n) is 7.21. The summed E-state index contributed by atoms with van der Waals surface area (Å²) < 4.78 is 37.1. The highest BCUT2D eigenvalue weighted by Crippen LogP contribution is 2.35. The summed E-state index contributed by atoms with van der Waals surface area (Å²) in [6, 6.07) is 2.80. The summed E-state index contributed by atoms with van der Waals surface area (Å²) in [6.45, 7) is 1.79. The first-order chi connectivity index (χ1) is 17.5. The Morgan fingerprint density at radius 2 is 1.08 bits per heavy atom. The molecule has 36 heavy (non-hydrogen) atoms. The minimum atomic E-state index is -0.724. The molecule has 0 saturated heterocycles. The maximum atomic E-state index is 12.7. The minimum absolute atomic E-state index is 0.0645. The first-order valence-corrected chi connectivity index (χ1v) is 11.4. The van der Waals surface area contributed by atoms with Crippen molar-refractivity contribution in [3.8, 4) is 11.5 Å². The fourth-order valence-electron chi connectivity index (χ4n) is 3.05. The molecule has 1 aromatic rings. The van der Waals surface area contributed by atoms with E-state index < -0.39 is 24.3 Å². The van der Waals surface area contributed by atoms with Crippen molar-refractivity contribution in [3.05, 3.63) is 23.3 Å². The smallest absolute Gasteiger partial charge is 0.325 e. The Labute approximate surface area is 208 Å². The average molecular weight is 516 g/mol. The molecule has 0 radical (unpaired) electrons. The molecule has 202 valence electrons. The van der Waals surface area contributed by atoms with Gasteiger partial charge in [-0.2, -0.15) is 0 Å². The van der Waals surface area contributed by atoms with Crippen LogP contribution in [0.15, 0.2) is 12.1 Å². The number of carbonyl (C=O) groups excluding carboxylic acids is 3. The second kappa shape index (κ2) is 16.8. The van der Waals surface area contributed by atoms with Gasteiger partial charge in [0.25, 0.3) is 11.8 Å². The number of nitrogens with zero attached hydrogens (tertiary/aromatic N) is 1. The Balaban J connectivity index is 1.99. The summed E-state index contributed by atoms with van der Waals surface area (Å²) >= 11 is 0. The van der Waals surface area contributed by atoms with Gasteiger partial charge in [-0.1, -0.05) is 0 Å². The highest BCUT2D eigenvalue weighted by atomic mass is 16.6. The Bertz CT molecular complexity index is 788. The van der Waals surface area contributed by atoms with Crippen molar-refractivity contribution < 1.29 is 57.8 Å². The molecule has 0 saturated carbocycles. The van der Waals surface area contributed by atoms with E-state index in [4.69, 9.17) is 38.6 Å². The van der Waals surface area contributed by atoms with Crippen molar-refractivity contribution in [2.24, 2.45) is 0 Å². The number of hydrogen-bond donors (Lipinski definition) is 2. The van der Waals surface area contributed by atoms with Crippen LogP contribution in [-0.2, 0) is 28.5 Å². The fourth-order valence-corrected chi connectivity index (χ4v) is 3.05. The van der Waals surface area contributed by atoms with Crippen LogP contribution in [0.1, 0.15) is 20.7 Å². The Morgan fingerprint density at radius 3 is 1.47 bits per heavy atom. The number of amides is 2. The van der Waals surface area contributed by atoms with Gasteiger partial charge in [-0.05, 0) is 12.1 Å². The maximum Gasteiger partial charge on any atom is 0.325 e. The normalized spacial score (nSPS) is 12.7. The van der Waals surface area contributed by atoms with E-state index in [0.717, 1.165) is 4.90 Å². The number of benzene rings is 1. The van der Waals surface area contributed by atoms with Gasteiger partial charge < -0.3 is 43.4 Å². The molecule has 0 bridgehead atoms. The zero-order valence-electron chi connectivity index (χ0n) is 20.3. The van der Waals surface area contributed by atoms with Crippen LogP contribution in [0.5, 0.6) is 11.5 Å². The lowest BCUT2D eigenvalue weighted by Crippen LogP contribution is -2.35. The van der Waals surface area contributed by atoms with E-state index in [1.165, 1.54) is 19.2 Å². The predicted octanol–water partition coefficient (Wildman–Crippen LogP) is -0.736. The van der Waals surface area contributed by atoms with E-state index in [-0.39, 0.29) is 75.5 Å². The summed E-state index contributed by atoms with van der Waals surface area (Å²) in [5.74, 6) is -1.55. The summed E-state index contributed by atoms with van der Waals surface area (Å²) in [4.78, 5) is 37.9. The van der Waals surface area contributed by atoms with Crippen molar-refractivity contribution in [3.63, 3.8) is 0 Å². The molecule has 0 aliphatic carbocycles. The molecule has 13 heteroatoms. The van der Waals surface area contributed by atoms with E-state index in [1.54, 1.807) is 0 Å². The lowest BCUT2D eigenvalue weighted by atomic mass is 10.1. The topological polar surface area (TPSA) is 160 Å². The van der Waals surface area contributed by atoms with Gasteiger partial charge in [-0.15, -0.1) is 0 Å². The number of methoxy groups -OCH3 is 1. The zero-order chi connectivity index (χ0) is 26.2. The van der Waals surface area contributed by atoms with E-state index in [2.05, 4.69) is 4.74 Å². The molecule has 0 aromatic heterocycles. The number of esters is 1. The van der Waals surface area contributed by atoms with Crippen LogP contribution in [-0.4, -0.2) is 126 Å². The zero-order valence-corrected chi connectivity index (χ0v) is 20.3. The predicted molar refractivity (Wildman–Crippen MR) is 122 cm³/mol. The monoisotopic (exact) mass is 515 g/mol. The molecule has 2 rings (SSSR count). The standard InChI is InChI=1S/C23H33NO12/c1-30-21(27)16-24-22(28)17-14-19(35-12-10-33-8-6-31-4-2-25)20(15-18(17)23(24)29)36-13-11-34-9-7-32-5-3-26/h14-15,25-26H,2-13,16H2,1H3. The van der Waals surface area contributed by atoms with E-state index in [9.17, 15) is 14.4 Å². The lowest BCUT2D eigenvalue weighted by molar-refractivity contribution is -0.140. The number of rotatable bonds is 20. The van der Waals surface area contributed by atoms with Crippen molar-refractivity contribution in [2.45, 2.75) is 0 Å². The number of hydrogen-bond acceptors (Lipinski definition) is 12. The first-order valence-electron chi connectivity index (χ1n) is 11.4. The van der Waals surface area contributed by atoms with E-state index in [0.29, 0.717) is 26.4 Å². The van der Waals surface area contributed by atoms with Gasteiger partial charge >= 0.3 is 5.97 Å². The number of fused-ring (bicyclic) bond motifs is 1. The molecule has 0 fully saturated rings. The molecular weight excluding hydrogens is 482 g/mol. The molecule has 1 aliphatic rings. The number of aliphatic hydroxyl groups is 2. The Kier molecular flexibility index (Phi) is 13.7. The summed E-state index contributed by atoms with van der Waals surface area (Å²) in [6.07, 6.45) is 0. The highest BCUT2D eigenvalue weighted by Gasteiger charge is 2.38. The minimum Gasteiger partial charge on any atom is -0.487 e. The lowest BCUT2D eigenvalue weighted by Gasteiger charge is -2.14. The molecule has 0 atom stereocenters. The fraction of sp³-hybridized carbons (Fsp3) is 0.609. The molecular formula is C23H33NO12. The summed E-state index contributed by atoms with van der Waals surface area (Å²) in [5, 5.41) is 17.4. The van der Waals surface area contributed by atoms with Gasteiger partial charge in [0.15, 0.2) is 11.5 Å². The van der Waals surface area contributed by atoms with Crippen LogP contribution in [0.2, 0.25) is 0 Å².